The van der Waals surface area contributed by atoms with Gasteiger partial charge in [0.1, 0.15) is 0 Å². The molecule has 2 aromatic carbocycles. The Balaban J connectivity index is 2.02. The van der Waals surface area contributed by atoms with Crippen LogP contribution >= 0.6 is 0 Å². The first-order chi connectivity index (χ1) is 14.4. The van der Waals surface area contributed by atoms with Crippen LogP contribution in [0.1, 0.15) is 48.7 Å². The summed E-state index contributed by atoms with van der Waals surface area (Å²) in [6, 6.07) is 11.3. The number of sulfonamides is 1. The van der Waals surface area contributed by atoms with Gasteiger partial charge >= 0.3 is 0 Å². The molecule has 168 valence electrons. The summed E-state index contributed by atoms with van der Waals surface area (Å²) in [5, 5.41) is 5.61. The maximum absolute atomic E-state index is 12.7. The Bertz CT molecular complexity index is 1060. The van der Waals surface area contributed by atoms with Crippen LogP contribution in [0, 0.1) is 13.8 Å². The lowest BCUT2D eigenvalue weighted by atomic mass is 10.0. The van der Waals surface area contributed by atoms with Crippen LogP contribution in [0.15, 0.2) is 47.4 Å². The van der Waals surface area contributed by atoms with E-state index in [1.807, 2.05) is 34.6 Å². The number of rotatable bonds is 8. The number of benzene rings is 2. The van der Waals surface area contributed by atoms with Crippen molar-refractivity contribution in [3.8, 4) is 0 Å². The van der Waals surface area contributed by atoms with Crippen LogP contribution in [-0.2, 0) is 14.8 Å². The summed E-state index contributed by atoms with van der Waals surface area (Å²) in [7, 11) is -2.42. The molecule has 2 rings (SSSR count). The summed E-state index contributed by atoms with van der Waals surface area (Å²) < 4.78 is 26.5. The zero-order valence-electron chi connectivity index (χ0n) is 18.9. The summed E-state index contributed by atoms with van der Waals surface area (Å²) in [5.74, 6) is -0.664. The average Bonchev–Trinajstić information content (AvgIpc) is 2.70. The van der Waals surface area contributed by atoms with Crippen molar-refractivity contribution in [1.29, 1.82) is 0 Å². The third-order valence-electron chi connectivity index (χ3n) is 5.32. The Morgan fingerprint density at radius 1 is 1.00 bits per heavy atom. The quantitative estimate of drug-likeness (QED) is 0.650. The Morgan fingerprint density at radius 3 is 2.16 bits per heavy atom. The normalized spacial score (nSPS) is 12.0. The van der Waals surface area contributed by atoms with Crippen LogP contribution in [0.25, 0.3) is 0 Å². The first-order valence-electron chi connectivity index (χ1n) is 10.1. The van der Waals surface area contributed by atoms with Crippen molar-refractivity contribution >= 4 is 27.5 Å². The number of nitrogens with one attached hydrogen (secondary N) is 2. The van der Waals surface area contributed by atoms with E-state index in [9.17, 15) is 18.0 Å². The van der Waals surface area contributed by atoms with Crippen LogP contribution in [0.3, 0.4) is 0 Å². The first kappa shape index (κ1) is 24.6. The molecule has 8 heteroatoms. The van der Waals surface area contributed by atoms with Crippen LogP contribution < -0.4 is 10.6 Å². The lowest BCUT2D eigenvalue weighted by Crippen LogP contribution is -2.42. The molecular formula is C23H31N3O4S. The second-order valence-corrected chi connectivity index (χ2v) is 10.4. The molecule has 0 aromatic heterocycles. The van der Waals surface area contributed by atoms with Crippen molar-refractivity contribution in [3.05, 3.63) is 59.2 Å². The molecule has 0 fully saturated rings. The van der Waals surface area contributed by atoms with Crippen molar-refractivity contribution in [2.24, 2.45) is 0 Å². The Kier molecular flexibility index (Phi) is 7.62. The number of hydrogen-bond donors (Lipinski definition) is 2. The number of carbonyl (C=O) groups is 2. The molecule has 0 unspecified atom stereocenters. The van der Waals surface area contributed by atoms with E-state index in [1.54, 1.807) is 36.4 Å². The van der Waals surface area contributed by atoms with E-state index in [0.717, 1.165) is 21.9 Å². The van der Waals surface area contributed by atoms with Gasteiger partial charge in [-0.3, -0.25) is 9.59 Å². The fraction of sp³-hybridized carbons (Fsp3) is 0.391. The van der Waals surface area contributed by atoms with E-state index in [4.69, 9.17) is 0 Å². The van der Waals surface area contributed by atoms with Crippen molar-refractivity contribution in [2.45, 2.75) is 51.5 Å². The standard InChI is InChI=1S/C23H31N3O4S/c1-7-23(4,5)25-22(28)18-9-11-19(12-10-18)24-21(27)15-26(6)31(29,30)20-13-8-16(2)17(3)14-20/h8-14H,7,15H2,1-6H3,(H,24,27)(H,25,28). The summed E-state index contributed by atoms with van der Waals surface area (Å²) in [5.41, 5.74) is 2.51. The summed E-state index contributed by atoms with van der Waals surface area (Å²) in [6.45, 7) is 9.30. The minimum absolute atomic E-state index is 0.149. The molecule has 0 heterocycles. The highest BCUT2D eigenvalue weighted by molar-refractivity contribution is 7.89. The number of aryl methyl sites for hydroxylation is 2. The van der Waals surface area contributed by atoms with Gasteiger partial charge in [-0.2, -0.15) is 4.31 Å². The highest BCUT2D eigenvalue weighted by Gasteiger charge is 2.23. The first-order valence-corrected chi connectivity index (χ1v) is 11.6. The number of amides is 2. The van der Waals surface area contributed by atoms with Crippen LogP contribution in [0.5, 0.6) is 0 Å². The largest absolute Gasteiger partial charge is 0.347 e. The predicted molar refractivity (Wildman–Crippen MR) is 123 cm³/mol. The average molecular weight is 446 g/mol. The Labute approximate surface area is 184 Å². The highest BCUT2D eigenvalue weighted by Crippen LogP contribution is 2.18. The minimum Gasteiger partial charge on any atom is -0.347 e. The van der Waals surface area contributed by atoms with E-state index >= 15 is 0 Å². The number of hydrogen-bond acceptors (Lipinski definition) is 4. The molecule has 0 spiro atoms. The summed E-state index contributed by atoms with van der Waals surface area (Å²) >= 11 is 0. The second kappa shape index (κ2) is 9.62. The molecule has 7 nitrogen and oxygen atoms in total. The van der Waals surface area contributed by atoms with Gasteiger partial charge in [-0.25, -0.2) is 8.42 Å². The van der Waals surface area contributed by atoms with Crippen LogP contribution in [0.2, 0.25) is 0 Å². The molecule has 0 aliphatic heterocycles. The summed E-state index contributed by atoms with van der Waals surface area (Å²) in [6.07, 6.45) is 0.797. The minimum atomic E-state index is -3.78. The van der Waals surface area contributed by atoms with Gasteiger partial charge in [0.15, 0.2) is 0 Å². The van der Waals surface area contributed by atoms with Crippen LogP contribution in [-0.4, -0.2) is 43.7 Å². The Morgan fingerprint density at radius 2 is 1.61 bits per heavy atom. The number of nitrogens with zero attached hydrogens (tertiary/aromatic N) is 1. The lowest BCUT2D eigenvalue weighted by Gasteiger charge is -2.24. The molecule has 0 saturated heterocycles. The molecule has 2 N–H and O–H groups in total. The molecule has 0 bridgehead atoms. The zero-order chi connectivity index (χ0) is 23.4. The summed E-state index contributed by atoms with van der Waals surface area (Å²) in [4.78, 5) is 24.8. The molecular weight excluding hydrogens is 414 g/mol. The smallest absolute Gasteiger partial charge is 0.251 e. The third-order valence-corrected chi connectivity index (χ3v) is 7.12. The van der Waals surface area contributed by atoms with E-state index in [0.29, 0.717) is 11.3 Å². The molecule has 0 atom stereocenters. The monoisotopic (exact) mass is 445 g/mol. The van der Waals surface area contributed by atoms with Gasteiger partial charge in [0, 0.05) is 23.8 Å². The van der Waals surface area contributed by atoms with Gasteiger partial charge in [-0.1, -0.05) is 13.0 Å². The highest BCUT2D eigenvalue weighted by atomic mass is 32.2. The number of likely N-dealkylation sites (N-methyl/N-ethyl adjacent to an activating group) is 1. The van der Waals surface area contributed by atoms with E-state index in [1.165, 1.54) is 13.1 Å². The molecule has 0 saturated carbocycles. The number of carbonyl (C=O) groups excluding carboxylic acids is 2. The van der Waals surface area contributed by atoms with E-state index in [-0.39, 0.29) is 22.9 Å². The van der Waals surface area contributed by atoms with Gasteiger partial charge in [0.2, 0.25) is 15.9 Å². The maximum atomic E-state index is 12.7. The predicted octanol–water partition coefficient (Wildman–Crippen LogP) is 3.48. The molecule has 2 amide bonds. The van der Waals surface area contributed by atoms with Crippen molar-refractivity contribution < 1.29 is 18.0 Å². The van der Waals surface area contributed by atoms with Gasteiger partial charge in [-0.05, 0) is 81.6 Å². The molecule has 0 radical (unpaired) electrons. The third kappa shape index (κ3) is 6.38. The molecule has 0 aliphatic carbocycles. The van der Waals surface area contributed by atoms with E-state index < -0.39 is 15.9 Å². The maximum Gasteiger partial charge on any atom is 0.251 e. The topological polar surface area (TPSA) is 95.6 Å². The SMILES string of the molecule is CCC(C)(C)NC(=O)c1ccc(NC(=O)CN(C)S(=O)(=O)c2ccc(C)c(C)c2)cc1. The Hall–Kier alpha value is -2.71. The van der Waals surface area contributed by atoms with Crippen molar-refractivity contribution in [1.82, 2.24) is 9.62 Å². The molecule has 31 heavy (non-hydrogen) atoms. The van der Waals surface area contributed by atoms with E-state index in [2.05, 4.69) is 10.6 Å². The van der Waals surface area contributed by atoms with Crippen LogP contribution in [0.4, 0.5) is 5.69 Å². The van der Waals surface area contributed by atoms with Crippen molar-refractivity contribution in [2.75, 3.05) is 18.9 Å². The van der Waals surface area contributed by atoms with Gasteiger partial charge in [-0.15, -0.1) is 0 Å². The zero-order valence-corrected chi connectivity index (χ0v) is 19.8. The van der Waals surface area contributed by atoms with Gasteiger partial charge in [0.25, 0.3) is 5.91 Å². The van der Waals surface area contributed by atoms with Crippen molar-refractivity contribution in [3.63, 3.8) is 0 Å². The fourth-order valence-electron chi connectivity index (χ4n) is 2.71. The van der Waals surface area contributed by atoms with Gasteiger partial charge < -0.3 is 10.6 Å². The second-order valence-electron chi connectivity index (χ2n) is 8.32. The lowest BCUT2D eigenvalue weighted by molar-refractivity contribution is -0.116. The van der Waals surface area contributed by atoms with Gasteiger partial charge in [0.05, 0.1) is 11.4 Å². The fourth-order valence-corrected chi connectivity index (χ4v) is 3.93. The number of anilines is 1. The molecule has 0 aliphatic rings. The molecule has 2 aromatic rings.